The van der Waals surface area contributed by atoms with E-state index in [-0.39, 0.29) is 35.8 Å². The van der Waals surface area contributed by atoms with E-state index >= 15 is 0 Å². The summed E-state index contributed by atoms with van der Waals surface area (Å²) in [7, 11) is 0. The van der Waals surface area contributed by atoms with Gasteiger partial charge in [0.05, 0.1) is 11.6 Å². The van der Waals surface area contributed by atoms with Gasteiger partial charge in [-0.2, -0.15) is 13.2 Å². The van der Waals surface area contributed by atoms with Crippen LogP contribution in [0.25, 0.3) is 0 Å². The number of amides is 2. The molecule has 0 spiro atoms. The average molecular weight is 396 g/mol. The molecule has 0 aliphatic carbocycles. The zero-order chi connectivity index (χ0) is 20.5. The van der Waals surface area contributed by atoms with Crippen molar-refractivity contribution in [3.63, 3.8) is 0 Å². The molecule has 0 saturated carbocycles. The van der Waals surface area contributed by atoms with Crippen LogP contribution in [0.3, 0.4) is 0 Å². The summed E-state index contributed by atoms with van der Waals surface area (Å²) in [5.74, 6) is -0.935. The minimum Gasteiger partial charge on any atom is -0.329 e. The zero-order valence-electron chi connectivity index (χ0n) is 15.7. The molecule has 5 nitrogen and oxygen atoms in total. The third kappa shape index (κ3) is 4.05. The monoisotopic (exact) mass is 396 g/mol. The highest BCUT2D eigenvalue weighted by Crippen LogP contribution is 2.35. The normalized spacial score (nSPS) is 20.6. The second kappa shape index (κ2) is 7.93. The van der Waals surface area contributed by atoms with Crippen LogP contribution in [-0.4, -0.2) is 41.6 Å². The molecule has 8 heteroatoms. The highest BCUT2D eigenvalue weighted by molar-refractivity contribution is 6.01. The van der Waals surface area contributed by atoms with E-state index in [9.17, 15) is 27.6 Å². The van der Waals surface area contributed by atoms with Gasteiger partial charge in [-0.05, 0) is 43.9 Å². The molecule has 0 N–H and O–H groups in total. The van der Waals surface area contributed by atoms with Crippen molar-refractivity contribution in [1.29, 1.82) is 0 Å². The summed E-state index contributed by atoms with van der Waals surface area (Å²) in [4.78, 5) is 40.0. The lowest BCUT2D eigenvalue weighted by Gasteiger charge is -2.35. The standard InChI is InChI=1S/C20H23F3N2O3/c1-2-17(26)16-6-3-4-8-25(16)19(28)13-10-14(20(21,22)23)12-15(11-13)24-9-5-7-18(24)27/h10-12,16H,2-9H2,1H3. The van der Waals surface area contributed by atoms with Gasteiger partial charge in [-0.15, -0.1) is 0 Å². The summed E-state index contributed by atoms with van der Waals surface area (Å²) >= 11 is 0. The number of benzene rings is 1. The van der Waals surface area contributed by atoms with E-state index in [1.807, 2.05) is 0 Å². The highest BCUT2D eigenvalue weighted by atomic mass is 19.4. The second-order valence-corrected chi connectivity index (χ2v) is 7.25. The molecule has 2 aliphatic heterocycles. The maximum Gasteiger partial charge on any atom is 0.416 e. The number of ketones is 1. The molecular formula is C20H23F3N2O3. The Balaban J connectivity index is 2.00. The third-order valence-corrected chi connectivity index (χ3v) is 5.36. The van der Waals surface area contributed by atoms with Gasteiger partial charge in [0.15, 0.2) is 5.78 Å². The van der Waals surface area contributed by atoms with Gasteiger partial charge in [-0.3, -0.25) is 14.4 Å². The van der Waals surface area contributed by atoms with Gasteiger partial charge >= 0.3 is 6.18 Å². The molecule has 152 valence electrons. The zero-order valence-corrected chi connectivity index (χ0v) is 15.7. The minimum atomic E-state index is -4.64. The lowest BCUT2D eigenvalue weighted by Crippen LogP contribution is -2.48. The number of carbonyl (C=O) groups excluding carboxylic acids is 3. The summed E-state index contributed by atoms with van der Waals surface area (Å²) in [5.41, 5.74) is -1.03. The molecule has 2 aliphatic rings. The SMILES string of the molecule is CCC(=O)C1CCCCN1C(=O)c1cc(N2CCCC2=O)cc(C(F)(F)F)c1. The molecule has 1 atom stereocenters. The van der Waals surface area contributed by atoms with Gasteiger partial charge in [0, 0.05) is 37.2 Å². The van der Waals surface area contributed by atoms with Crippen molar-refractivity contribution in [2.75, 3.05) is 18.0 Å². The van der Waals surface area contributed by atoms with Crippen molar-refractivity contribution in [1.82, 2.24) is 4.90 Å². The van der Waals surface area contributed by atoms with Crippen LogP contribution >= 0.6 is 0 Å². The third-order valence-electron chi connectivity index (χ3n) is 5.36. The molecule has 1 aromatic rings. The predicted molar refractivity (Wildman–Crippen MR) is 97.0 cm³/mol. The number of nitrogens with zero attached hydrogens (tertiary/aromatic N) is 2. The smallest absolute Gasteiger partial charge is 0.329 e. The van der Waals surface area contributed by atoms with Gasteiger partial charge in [0.1, 0.15) is 0 Å². The van der Waals surface area contributed by atoms with Crippen LogP contribution in [0.5, 0.6) is 0 Å². The van der Waals surface area contributed by atoms with Crippen molar-refractivity contribution < 1.29 is 27.6 Å². The number of hydrogen-bond donors (Lipinski definition) is 0. The van der Waals surface area contributed by atoms with E-state index in [2.05, 4.69) is 0 Å². The van der Waals surface area contributed by atoms with Crippen LogP contribution in [-0.2, 0) is 15.8 Å². The van der Waals surface area contributed by atoms with E-state index in [0.29, 0.717) is 32.4 Å². The average Bonchev–Trinajstić information content (AvgIpc) is 3.11. The number of hydrogen-bond acceptors (Lipinski definition) is 3. The van der Waals surface area contributed by atoms with Crippen molar-refractivity contribution >= 4 is 23.3 Å². The molecule has 2 fully saturated rings. The quantitative estimate of drug-likeness (QED) is 0.778. The van der Waals surface area contributed by atoms with Crippen LogP contribution in [0.4, 0.5) is 18.9 Å². The van der Waals surface area contributed by atoms with Gasteiger partial charge < -0.3 is 9.80 Å². The summed E-state index contributed by atoms with van der Waals surface area (Å²) in [6.45, 7) is 2.37. The Bertz CT molecular complexity index is 791. The van der Waals surface area contributed by atoms with Crippen LogP contribution in [0.15, 0.2) is 18.2 Å². The van der Waals surface area contributed by atoms with Gasteiger partial charge in [-0.25, -0.2) is 0 Å². The van der Waals surface area contributed by atoms with Crippen molar-refractivity contribution in [3.8, 4) is 0 Å². The Morgan fingerprint density at radius 1 is 1.11 bits per heavy atom. The Labute approximate surface area is 161 Å². The predicted octanol–water partition coefficient (Wildman–Crippen LogP) is 3.81. The fraction of sp³-hybridized carbons (Fsp3) is 0.550. The topological polar surface area (TPSA) is 57.7 Å². The Hall–Kier alpha value is -2.38. The first kappa shape index (κ1) is 20.4. The first-order valence-corrected chi connectivity index (χ1v) is 9.58. The maximum absolute atomic E-state index is 13.4. The van der Waals surface area contributed by atoms with Crippen LogP contribution in [0.1, 0.15) is 61.4 Å². The van der Waals surface area contributed by atoms with E-state index in [1.165, 1.54) is 15.9 Å². The fourth-order valence-electron chi connectivity index (χ4n) is 3.89. The molecule has 1 unspecified atom stereocenters. The number of rotatable bonds is 4. The largest absolute Gasteiger partial charge is 0.416 e. The maximum atomic E-state index is 13.4. The molecular weight excluding hydrogens is 373 g/mol. The van der Waals surface area contributed by atoms with Crippen LogP contribution in [0, 0.1) is 0 Å². The van der Waals surface area contributed by atoms with Crippen LogP contribution in [0.2, 0.25) is 0 Å². The number of alkyl halides is 3. The number of anilines is 1. The highest BCUT2D eigenvalue weighted by Gasteiger charge is 2.36. The first-order valence-electron chi connectivity index (χ1n) is 9.58. The second-order valence-electron chi connectivity index (χ2n) is 7.25. The first-order chi connectivity index (χ1) is 13.2. The van der Waals surface area contributed by atoms with Crippen molar-refractivity contribution in [3.05, 3.63) is 29.3 Å². The summed E-state index contributed by atoms with van der Waals surface area (Å²) in [6.07, 6.45) is -1.50. The molecule has 3 rings (SSSR count). The van der Waals surface area contributed by atoms with Crippen LogP contribution < -0.4 is 4.90 Å². The molecule has 2 amide bonds. The Morgan fingerprint density at radius 3 is 2.46 bits per heavy atom. The number of likely N-dealkylation sites (tertiary alicyclic amines) is 1. The summed E-state index contributed by atoms with van der Waals surface area (Å²) < 4.78 is 40.2. The lowest BCUT2D eigenvalue weighted by atomic mass is 9.95. The fourth-order valence-corrected chi connectivity index (χ4v) is 3.89. The molecule has 0 radical (unpaired) electrons. The molecule has 2 heterocycles. The van der Waals surface area contributed by atoms with E-state index in [1.54, 1.807) is 6.92 Å². The number of piperidine rings is 1. The Morgan fingerprint density at radius 2 is 1.86 bits per heavy atom. The molecule has 1 aromatic carbocycles. The Kier molecular flexibility index (Phi) is 5.76. The van der Waals surface area contributed by atoms with E-state index < -0.39 is 23.7 Å². The molecule has 2 saturated heterocycles. The van der Waals surface area contributed by atoms with Crippen molar-refractivity contribution in [2.45, 2.75) is 57.7 Å². The molecule has 28 heavy (non-hydrogen) atoms. The van der Waals surface area contributed by atoms with Gasteiger partial charge in [0.25, 0.3) is 5.91 Å². The van der Waals surface area contributed by atoms with E-state index in [4.69, 9.17) is 0 Å². The summed E-state index contributed by atoms with van der Waals surface area (Å²) in [6, 6.07) is 2.46. The molecule has 0 aromatic heterocycles. The minimum absolute atomic E-state index is 0.0797. The van der Waals surface area contributed by atoms with Gasteiger partial charge in [-0.1, -0.05) is 6.92 Å². The van der Waals surface area contributed by atoms with E-state index in [0.717, 1.165) is 18.6 Å². The molecule has 0 bridgehead atoms. The number of carbonyl (C=O) groups is 3. The number of Topliss-reactive ketones (excluding diaryl/α,β-unsaturated/α-hetero) is 1. The number of halogens is 3. The summed E-state index contributed by atoms with van der Waals surface area (Å²) in [5, 5.41) is 0. The van der Waals surface area contributed by atoms with Crippen molar-refractivity contribution in [2.24, 2.45) is 0 Å². The van der Waals surface area contributed by atoms with Gasteiger partial charge in [0.2, 0.25) is 5.91 Å². The lowest BCUT2D eigenvalue weighted by molar-refractivity contribution is -0.137.